The predicted octanol–water partition coefficient (Wildman–Crippen LogP) is 1.20. The number of carbonyl (C=O) groups is 1. The number of hydrazone groups is 1. The van der Waals surface area contributed by atoms with Crippen molar-refractivity contribution in [1.82, 2.24) is 9.97 Å². The molecule has 2 heterocycles. The Balaban J connectivity index is 1.98. The summed E-state index contributed by atoms with van der Waals surface area (Å²) >= 11 is 0. The molecule has 0 N–H and O–H groups in total. The van der Waals surface area contributed by atoms with Crippen molar-refractivity contribution in [3.8, 4) is 0 Å². The van der Waals surface area contributed by atoms with E-state index >= 15 is 0 Å². The van der Waals surface area contributed by atoms with Crippen LogP contribution in [-0.4, -0.2) is 28.4 Å². The van der Waals surface area contributed by atoms with Gasteiger partial charge < -0.3 is 4.74 Å². The number of anilines is 1. The van der Waals surface area contributed by atoms with E-state index in [2.05, 4.69) is 15.1 Å². The van der Waals surface area contributed by atoms with Crippen molar-refractivity contribution in [2.24, 2.45) is 5.10 Å². The number of amides is 1. The van der Waals surface area contributed by atoms with Gasteiger partial charge in [-0.3, -0.25) is 9.78 Å². The Morgan fingerprint density at radius 2 is 2.00 bits per heavy atom. The Kier molecular flexibility index (Phi) is 2.89. The van der Waals surface area contributed by atoms with Crippen LogP contribution in [0.3, 0.4) is 0 Å². The van der Waals surface area contributed by atoms with Crippen LogP contribution in [0.4, 0.5) is 5.69 Å². The Bertz CT molecular complexity index is 613. The fourth-order valence-electron chi connectivity index (χ4n) is 1.67. The van der Waals surface area contributed by atoms with E-state index in [9.17, 15) is 4.79 Å². The Morgan fingerprint density at radius 3 is 2.74 bits per heavy atom. The van der Waals surface area contributed by atoms with E-state index in [4.69, 9.17) is 4.74 Å². The molecule has 0 aliphatic carbocycles. The number of nitrogens with zero attached hydrogens (tertiary/aromatic N) is 4. The molecule has 1 aliphatic heterocycles. The van der Waals surface area contributed by atoms with Gasteiger partial charge in [0.25, 0.3) is 11.8 Å². The van der Waals surface area contributed by atoms with Gasteiger partial charge in [0.2, 0.25) is 0 Å². The molecule has 0 saturated heterocycles. The molecule has 1 amide bonds. The first-order valence-electron chi connectivity index (χ1n) is 5.70. The SMILES string of the molecule is O=C1COC(c2cnccn2)=NN1c1ccccc1. The number of hydrogen-bond acceptors (Lipinski definition) is 5. The maximum absolute atomic E-state index is 11.8. The lowest BCUT2D eigenvalue weighted by Gasteiger charge is -2.23. The van der Waals surface area contributed by atoms with Crippen LogP contribution < -0.4 is 5.01 Å². The third kappa shape index (κ3) is 2.28. The van der Waals surface area contributed by atoms with Gasteiger partial charge in [0.15, 0.2) is 6.61 Å². The molecule has 0 radical (unpaired) electrons. The van der Waals surface area contributed by atoms with Crippen LogP contribution in [0.5, 0.6) is 0 Å². The molecule has 2 aromatic rings. The molecule has 1 aliphatic rings. The van der Waals surface area contributed by atoms with Crippen LogP contribution >= 0.6 is 0 Å². The minimum absolute atomic E-state index is 0.0652. The Morgan fingerprint density at radius 1 is 1.16 bits per heavy atom. The van der Waals surface area contributed by atoms with Gasteiger partial charge >= 0.3 is 0 Å². The highest BCUT2D eigenvalue weighted by atomic mass is 16.5. The summed E-state index contributed by atoms with van der Waals surface area (Å²) in [5.41, 5.74) is 1.19. The topological polar surface area (TPSA) is 67.7 Å². The van der Waals surface area contributed by atoms with Crippen LogP contribution in [-0.2, 0) is 9.53 Å². The minimum Gasteiger partial charge on any atom is -0.465 e. The first kappa shape index (κ1) is 11.3. The summed E-state index contributed by atoms with van der Waals surface area (Å²) in [5, 5.41) is 5.49. The fourth-order valence-corrected chi connectivity index (χ4v) is 1.67. The van der Waals surface area contributed by atoms with Gasteiger partial charge in [0.1, 0.15) is 5.69 Å². The molecule has 1 aromatic heterocycles. The quantitative estimate of drug-likeness (QED) is 0.807. The van der Waals surface area contributed by atoms with Gasteiger partial charge in [-0.25, -0.2) is 4.98 Å². The highest BCUT2D eigenvalue weighted by Crippen LogP contribution is 2.17. The van der Waals surface area contributed by atoms with E-state index in [0.29, 0.717) is 11.4 Å². The molecule has 0 fully saturated rings. The molecule has 0 spiro atoms. The summed E-state index contributed by atoms with van der Waals surface area (Å²) < 4.78 is 5.28. The van der Waals surface area contributed by atoms with Gasteiger partial charge in [-0.15, -0.1) is 5.10 Å². The van der Waals surface area contributed by atoms with Crippen LogP contribution in [0, 0.1) is 0 Å². The lowest BCUT2D eigenvalue weighted by molar-refractivity contribution is -0.121. The molecular weight excluding hydrogens is 244 g/mol. The monoisotopic (exact) mass is 254 g/mol. The van der Waals surface area contributed by atoms with Crippen LogP contribution in [0.2, 0.25) is 0 Å². The van der Waals surface area contributed by atoms with E-state index < -0.39 is 0 Å². The summed E-state index contributed by atoms with van der Waals surface area (Å²) in [6.45, 7) is -0.0652. The highest BCUT2D eigenvalue weighted by molar-refractivity contribution is 6.03. The zero-order valence-electron chi connectivity index (χ0n) is 9.93. The van der Waals surface area contributed by atoms with Crippen molar-refractivity contribution in [1.29, 1.82) is 0 Å². The summed E-state index contributed by atoms with van der Waals surface area (Å²) in [6, 6.07) is 9.18. The zero-order chi connectivity index (χ0) is 13.1. The molecule has 0 unspecified atom stereocenters. The highest BCUT2D eigenvalue weighted by Gasteiger charge is 2.24. The smallest absolute Gasteiger partial charge is 0.285 e. The summed E-state index contributed by atoms with van der Waals surface area (Å²) in [5.74, 6) is 0.0652. The second-order valence-corrected chi connectivity index (χ2v) is 3.83. The van der Waals surface area contributed by atoms with Gasteiger partial charge in [0, 0.05) is 12.4 Å². The molecule has 0 bridgehead atoms. The number of ether oxygens (including phenoxy) is 1. The normalized spacial score (nSPS) is 14.8. The number of benzene rings is 1. The Labute approximate surface area is 109 Å². The number of aromatic nitrogens is 2. The lowest BCUT2D eigenvalue weighted by Crippen LogP contribution is -2.37. The largest absolute Gasteiger partial charge is 0.465 e. The molecule has 1 aromatic carbocycles. The Hall–Kier alpha value is -2.76. The second kappa shape index (κ2) is 4.85. The van der Waals surface area contributed by atoms with Crippen LogP contribution in [0.15, 0.2) is 54.0 Å². The van der Waals surface area contributed by atoms with E-state index in [1.165, 1.54) is 11.2 Å². The van der Waals surface area contributed by atoms with Crippen LogP contribution in [0.25, 0.3) is 0 Å². The number of hydrogen-bond donors (Lipinski definition) is 0. The maximum Gasteiger partial charge on any atom is 0.285 e. The molecule has 19 heavy (non-hydrogen) atoms. The maximum atomic E-state index is 11.8. The average molecular weight is 254 g/mol. The standard InChI is InChI=1S/C13H10N4O2/c18-12-9-19-13(11-8-14-6-7-15-11)16-17(12)10-4-2-1-3-5-10/h1-8H,9H2. The second-order valence-electron chi connectivity index (χ2n) is 3.83. The van der Waals surface area contributed by atoms with Gasteiger partial charge in [-0.1, -0.05) is 18.2 Å². The van der Waals surface area contributed by atoms with Crippen molar-refractivity contribution < 1.29 is 9.53 Å². The first-order chi connectivity index (χ1) is 9.34. The third-order valence-electron chi connectivity index (χ3n) is 2.54. The average Bonchev–Trinajstić information content (AvgIpc) is 2.49. The summed E-state index contributed by atoms with van der Waals surface area (Å²) in [6.07, 6.45) is 4.65. The summed E-state index contributed by atoms with van der Waals surface area (Å²) in [4.78, 5) is 19.9. The lowest BCUT2D eigenvalue weighted by atomic mass is 10.3. The molecular formula is C13H10N4O2. The first-order valence-corrected chi connectivity index (χ1v) is 5.70. The van der Waals surface area contributed by atoms with Gasteiger partial charge in [-0.05, 0) is 12.1 Å². The van der Waals surface area contributed by atoms with Crippen molar-refractivity contribution in [3.05, 3.63) is 54.6 Å². The molecule has 0 atom stereocenters. The van der Waals surface area contributed by atoms with Crippen molar-refractivity contribution >= 4 is 17.5 Å². The predicted molar refractivity (Wildman–Crippen MR) is 68.4 cm³/mol. The third-order valence-corrected chi connectivity index (χ3v) is 2.54. The van der Waals surface area contributed by atoms with E-state index in [-0.39, 0.29) is 18.4 Å². The van der Waals surface area contributed by atoms with Gasteiger partial charge in [0.05, 0.1) is 11.9 Å². The zero-order valence-corrected chi connectivity index (χ0v) is 9.93. The molecule has 6 nitrogen and oxygen atoms in total. The van der Waals surface area contributed by atoms with E-state index in [1.54, 1.807) is 24.5 Å². The number of para-hydroxylation sites is 1. The number of carbonyl (C=O) groups excluding carboxylic acids is 1. The van der Waals surface area contributed by atoms with Crippen LogP contribution in [0.1, 0.15) is 5.69 Å². The van der Waals surface area contributed by atoms with Gasteiger partial charge in [-0.2, -0.15) is 5.01 Å². The molecule has 6 heteroatoms. The minimum atomic E-state index is -0.223. The van der Waals surface area contributed by atoms with E-state index in [1.807, 2.05) is 18.2 Å². The van der Waals surface area contributed by atoms with E-state index in [0.717, 1.165) is 0 Å². The molecule has 94 valence electrons. The molecule has 0 saturated carbocycles. The molecule has 3 rings (SSSR count). The summed E-state index contributed by atoms with van der Waals surface area (Å²) in [7, 11) is 0. The van der Waals surface area contributed by atoms with Crippen molar-refractivity contribution in [3.63, 3.8) is 0 Å². The number of rotatable bonds is 2. The fraction of sp³-hybridized carbons (Fsp3) is 0.0769. The van der Waals surface area contributed by atoms with Crippen molar-refractivity contribution in [2.75, 3.05) is 11.6 Å². The van der Waals surface area contributed by atoms with Crippen molar-refractivity contribution in [2.45, 2.75) is 0 Å².